The maximum Gasteiger partial charge on any atom is 0.330 e. The lowest BCUT2D eigenvalue weighted by Gasteiger charge is -2.34. The van der Waals surface area contributed by atoms with E-state index in [1.807, 2.05) is 20.1 Å². The zero-order chi connectivity index (χ0) is 17.2. The molecule has 0 rings (SSSR count). The molecule has 0 aliphatic rings. The van der Waals surface area contributed by atoms with Crippen LogP contribution in [0.5, 0.6) is 0 Å². The third-order valence-electron chi connectivity index (χ3n) is 4.77. The molecule has 0 spiro atoms. The summed E-state index contributed by atoms with van der Waals surface area (Å²) in [4.78, 5) is 11.1. The van der Waals surface area contributed by atoms with Gasteiger partial charge in [-0.25, -0.2) is 4.79 Å². The number of allylic oxidation sites excluding steroid dienone is 3. The van der Waals surface area contributed by atoms with Crippen LogP contribution in [0.4, 0.5) is 0 Å². The third kappa shape index (κ3) is 7.79. The van der Waals surface area contributed by atoms with Crippen LogP contribution in [-0.2, 0) is 14.3 Å². The molecule has 22 heavy (non-hydrogen) atoms. The van der Waals surface area contributed by atoms with E-state index in [0.717, 1.165) is 18.4 Å². The van der Waals surface area contributed by atoms with Crippen molar-refractivity contribution in [2.45, 2.75) is 65.9 Å². The first-order chi connectivity index (χ1) is 10.3. The number of carbonyl (C=O) groups excluding carboxylic acids is 1. The molecule has 0 fully saturated rings. The van der Waals surface area contributed by atoms with Gasteiger partial charge in [0.05, 0.1) is 12.7 Å². The number of esters is 1. The molecule has 0 heterocycles. The predicted octanol–water partition coefficient (Wildman–Crippen LogP) is 4.92. The third-order valence-corrected chi connectivity index (χ3v) is 4.77. The number of methoxy groups -OCH3 is 2. The van der Waals surface area contributed by atoms with Crippen LogP contribution in [0.25, 0.3) is 0 Å². The Morgan fingerprint density at radius 2 is 1.86 bits per heavy atom. The van der Waals surface area contributed by atoms with E-state index in [1.165, 1.54) is 26.0 Å². The van der Waals surface area contributed by atoms with Crippen molar-refractivity contribution in [3.63, 3.8) is 0 Å². The maximum atomic E-state index is 11.1. The molecule has 0 aromatic heterocycles. The van der Waals surface area contributed by atoms with Crippen LogP contribution in [0.15, 0.2) is 23.8 Å². The molecular formula is C19H34O3. The molecular weight excluding hydrogens is 276 g/mol. The standard InChI is InChI=1S/C19H34O3/c1-8-19(5,22-7)17(4)13-12-15(2)10-9-11-16(3)14-18(20)21-6/h9,11,14-15,17H,8,10,12-13H2,1-7H3/b11-9+,16-14+. The summed E-state index contributed by atoms with van der Waals surface area (Å²) in [6, 6.07) is 0. The molecule has 0 amide bonds. The van der Waals surface area contributed by atoms with Crippen molar-refractivity contribution in [2.24, 2.45) is 11.8 Å². The topological polar surface area (TPSA) is 35.5 Å². The number of carbonyl (C=O) groups is 1. The molecule has 0 radical (unpaired) electrons. The fraction of sp³-hybridized carbons (Fsp3) is 0.737. The first kappa shape index (κ1) is 20.9. The first-order valence-corrected chi connectivity index (χ1v) is 8.27. The van der Waals surface area contributed by atoms with E-state index in [9.17, 15) is 4.79 Å². The average Bonchev–Trinajstić information content (AvgIpc) is 2.51. The van der Waals surface area contributed by atoms with Crippen molar-refractivity contribution in [3.8, 4) is 0 Å². The minimum Gasteiger partial charge on any atom is -0.466 e. The minimum absolute atomic E-state index is 0.0185. The second-order valence-corrected chi connectivity index (χ2v) is 6.50. The SMILES string of the molecule is CCC(C)(OC)C(C)CCC(C)C/C=C/C(C)=C/C(=O)OC. The van der Waals surface area contributed by atoms with Crippen LogP contribution < -0.4 is 0 Å². The van der Waals surface area contributed by atoms with Gasteiger partial charge in [0.15, 0.2) is 0 Å². The molecule has 0 aromatic rings. The highest BCUT2D eigenvalue weighted by Crippen LogP contribution is 2.30. The molecule has 0 N–H and O–H groups in total. The van der Waals surface area contributed by atoms with E-state index in [1.54, 1.807) is 0 Å². The van der Waals surface area contributed by atoms with E-state index in [-0.39, 0.29) is 11.6 Å². The molecule has 0 bridgehead atoms. The number of hydrogen-bond acceptors (Lipinski definition) is 3. The van der Waals surface area contributed by atoms with E-state index in [0.29, 0.717) is 11.8 Å². The van der Waals surface area contributed by atoms with Gasteiger partial charge >= 0.3 is 5.97 Å². The monoisotopic (exact) mass is 310 g/mol. The van der Waals surface area contributed by atoms with Gasteiger partial charge in [0.1, 0.15) is 0 Å². The fourth-order valence-corrected chi connectivity index (χ4v) is 2.43. The predicted molar refractivity (Wildman–Crippen MR) is 92.8 cm³/mol. The second kappa shape index (κ2) is 10.6. The van der Waals surface area contributed by atoms with E-state index in [4.69, 9.17) is 4.74 Å². The van der Waals surface area contributed by atoms with Crippen molar-refractivity contribution >= 4 is 5.97 Å². The molecule has 3 nitrogen and oxygen atoms in total. The Bertz CT molecular complexity index is 378. The quantitative estimate of drug-likeness (QED) is 0.326. The van der Waals surface area contributed by atoms with Crippen molar-refractivity contribution in [1.29, 1.82) is 0 Å². The summed E-state index contributed by atoms with van der Waals surface area (Å²) in [5, 5.41) is 0. The van der Waals surface area contributed by atoms with Crippen LogP contribution in [0.1, 0.15) is 60.3 Å². The number of hydrogen-bond donors (Lipinski definition) is 0. The summed E-state index contributed by atoms with van der Waals surface area (Å²) in [5.41, 5.74) is 0.903. The molecule has 0 aliphatic carbocycles. The summed E-state index contributed by atoms with van der Waals surface area (Å²) in [7, 11) is 3.20. The van der Waals surface area contributed by atoms with Gasteiger partial charge < -0.3 is 9.47 Å². The largest absolute Gasteiger partial charge is 0.466 e. The highest BCUT2D eigenvalue weighted by atomic mass is 16.5. The Balaban J connectivity index is 4.23. The van der Waals surface area contributed by atoms with Gasteiger partial charge in [0.2, 0.25) is 0 Å². The molecule has 0 aromatic carbocycles. The minimum atomic E-state index is -0.303. The maximum absolute atomic E-state index is 11.1. The van der Waals surface area contributed by atoms with Gasteiger partial charge in [-0.1, -0.05) is 39.3 Å². The summed E-state index contributed by atoms with van der Waals surface area (Å²) in [5.74, 6) is 0.875. The lowest BCUT2D eigenvalue weighted by atomic mass is 9.83. The number of ether oxygens (including phenoxy) is 2. The smallest absolute Gasteiger partial charge is 0.330 e. The molecule has 0 saturated heterocycles. The lowest BCUT2D eigenvalue weighted by Crippen LogP contribution is -2.34. The van der Waals surface area contributed by atoms with Gasteiger partial charge in [-0.2, -0.15) is 0 Å². The Kier molecular flexibility index (Phi) is 10.1. The highest BCUT2D eigenvalue weighted by molar-refractivity contribution is 5.83. The molecule has 3 heteroatoms. The Hall–Kier alpha value is -1.09. The van der Waals surface area contributed by atoms with Crippen molar-refractivity contribution in [2.75, 3.05) is 14.2 Å². The van der Waals surface area contributed by atoms with Crippen LogP contribution in [0.3, 0.4) is 0 Å². The Morgan fingerprint density at radius 3 is 2.36 bits per heavy atom. The van der Waals surface area contributed by atoms with E-state index >= 15 is 0 Å². The first-order valence-electron chi connectivity index (χ1n) is 8.27. The molecule has 0 saturated carbocycles. The second-order valence-electron chi connectivity index (χ2n) is 6.50. The van der Waals surface area contributed by atoms with Gasteiger partial charge in [-0.15, -0.1) is 0 Å². The van der Waals surface area contributed by atoms with Crippen LogP contribution in [0.2, 0.25) is 0 Å². The van der Waals surface area contributed by atoms with E-state index < -0.39 is 0 Å². The number of rotatable bonds is 10. The zero-order valence-electron chi connectivity index (χ0n) is 15.4. The van der Waals surface area contributed by atoms with Crippen LogP contribution >= 0.6 is 0 Å². The Labute approximate surface area is 136 Å². The average molecular weight is 310 g/mol. The summed E-state index contributed by atoms with van der Waals surface area (Å²) in [6.45, 7) is 10.8. The van der Waals surface area contributed by atoms with Gasteiger partial charge in [-0.3, -0.25) is 0 Å². The van der Waals surface area contributed by atoms with Gasteiger partial charge in [0, 0.05) is 13.2 Å². The van der Waals surface area contributed by atoms with Gasteiger partial charge in [0.25, 0.3) is 0 Å². The molecule has 128 valence electrons. The van der Waals surface area contributed by atoms with Crippen LogP contribution in [-0.4, -0.2) is 25.8 Å². The fourth-order valence-electron chi connectivity index (χ4n) is 2.43. The zero-order valence-corrected chi connectivity index (χ0v) is 15.4. The highest BCUT2D eigenvalue weighted by Gasteiger charge is 2.28. The molecule has 3 unspecified atom stereocenters. The molecule has 3 atom stereocenters. The van der Waals surface area contributed by atoms with Crippen molar-refractivity contribution in [1.82, 2.24) is 0 Å². The normalized spacial score (nSPS) is 18.0. The summed E-state index contributed by atoms with van der Waals surface area (Å²) in [6.07, 6.45) is 10.1. The summed E-state index contributed by atoms with van der Waals surface area (Å²) < 4.78 is 10.3. The van der Waals surface area contributed by atoms with Gasteiger partial charge in [-0.05, 0) is 50.5 Å². The molecule has 0 aliphatic heterocycles. The van der Waals surface area contributed by atoms with E-state index in [2.05, 4.69) is 38.5 Å². The van der Waals surface area contributed by atoms with Crippen LogP contribution in [0, 0.1) is 11.8 Å². The van der Waals surface area contributed by atoms with Crippen molar-refractivity contribution in [3.05, 3.63) is 23.8 Å². The Morgan fingerprint density at radius 1 is 1.23 bits per heavy atom. The summed E-state index contributed by atoms with van der Waals surface area (Å²) >= 11 is 0. The van der Waals surface area contributed by atoms with Crippen molar-refractivity contribution < 1.29 is 14.3 Å². The lowest BCUT2D eigenvalue weighted by molar-refractivity contribution is -0.134.